The van der Waals surface area contributed by atoms with Crippen molar-refractivity contribution >= 4 is 18.5 Å². The number of nitrogens with one attached hydrogen (secondary N) is 1. The Labute approximate surface area is 55.1 Å². The maximum atomic E-state index is 10.3. The molecule has 0 rings (SSSR count). The molecule has 0 aliphatic carbocycles. The summed E-state index contributed by atoms with van der Waals surface area (Å²) in [5.41, 5.74) is 0. The van der Waals surface area contributed by atoms with Crippen molar-refractivity contribution in [2.24, 2.45) is 0 Å². The molecule has 48 valence electrons. The Morgan fingerprint density at radius 1 is 1.88 bits per heavy atom. The van der Waals surface area contributed by atoms with Gasteiger partial charge in [-0.15, -0.1) is 0 Å². The highest BCUT2D eigenvalue weighted by Crippen LogP contribution is 1.83. The molecule has 0 radical (unpaired) electrons. The number of carbonyl (C=O) groups is 1. The quantitative estimate of drug-likeness (QED) is 0.526. The summed E-state index contributed by atoms with van der Waals surface area (Å²) in [5, 5.41) is 2.68. The monoisotopic (exact) mass is 133 g/mol. The molecule has 1 amide bonds. The van der Waals surface area contributed by atoms with Crippen LogP contribution in [-0.4, -0.2) is 17.7 Å². The van der Waals surface area contributed by atoms with Gasteiger partial charge in [0.25, 0.3) is 0 Å². The Morgan fingerprint density at radius 3 is 2.50 bits per heavy atom. The van der Waals surface area contributed by atoms with Gasteiger partial charge >= 0.3 is 0 Å². The first-order valence-electron chi connectivity index (χ1n) is 2.54. The van der Waals surface area contributed by atoms with Crippen molar-refractivity contribution in [3.8, 4) is 0 Å². The Balaban J connectivity index is 3.24. The van der Waals surface area contributed by atoms with Gasteiger partial charge in [-0.1, -0.05) is 0 Å². The minimum absolute atomic E-state index is 0.00606. The zero-order chi connectivity index (χ0) is 6.57. The molecule has 2 nitrogen and oxygen atoms in total. The summed E-state index contributed by atoms with van der Waals surface area (Å²) in [7, 11) is 0. The van der Waals surface area contributed by atoms with Crippen molar-refractivity contribution in [1.82, 2.24) is 5.32 Å². The molecule has 0 aromatic rings. The number of carbonyl (C=O) groups excluding carboxylic acids is 1. The second-order valence-electron chi connectivity index (χ2n) is 1.78. The molecule has 0 aromatic heterocycles. The number of rotatable bonds is 2. The van der Waals surface area contributed by atoms with Crippen LogP contribution in [0.15, 0.2) is 0 Å². The standard InChI is InChI=1S/C5H11NOS/c1-4(3-8)6-5(2)7/h4,8H,3H2,1-2H3,(H,6,7). The van der Waals surface area contributed by atoms with Gasteiger partial charge in [-0.05, 0) is 6.92 Å². The van der Waals surface area contributed by atoms with Crippen LogP contribution in [0.2, 0.25) is 0 Å². The summed E-state index contributed by atoms with van der Waals surface area (Å²) in [6.07, 6.45) is 0. The predicted molar refractivity (Wildman–Crippen MR) is 37.1 cm³/mol. The van der Waals surface area contributed by atoms with Crippen LogP contribution in [0.3, 0.4) is 0 Å². The fourth-order valence-corrected chi connectivity index (χ4v) is 0.484. The van der Waals surface area contributed by atoms with E-state index < -0.39 is 0 Å². The molecule has 0 heterocycles. The maximum absolute atomic E-state index is 10.3. The van der Waals surface area contributed by atoms with Crippen LogP contribution in [0.1, 0.15) is 13.8 Å². The summed E-state index contributed by atoms with van der Waals surface area (Å²) < 4.78 is 0. The van der Waals surface area contributed by atoms with E-state index in [1.165, 1.54) is 6.92 Å². The van der Waals surface area contributed by atoms with Gasteiger partial charge in [0.1, 0.15) is 0 Å². The van der Waals surface area contributed by atoms with Crippen LogP contribution < -0.4 is 5.32 Å². The second-order valence-corrected chi connectivity index (χ2v) is 2.15. The van der Waals surface area contributed by atoms with Gasteiger partial charge in [-0.3, -0.25) is 4.79 Å². The van der Waals surface area contributed by atoms with Crippen molar-refractivity contribution in [1.29, 1.82) is 0 Å². The SMILES string of the molecule is CC(=O)NC(C)CS. The molecule has 0 aromatic carbocycles. The molecule has 1 atom stereocenters. The van der Waals surface area contributed by atoms with Gasteiger partial charge in [0.05, 0.1) is 0 Å². The molecule has 0 spiro atoms. The Hall–Kier alpha value is -0.180. The van der Waals surface area contributed by atoms with Crippen LogP contribution >= 0.6 is 12.6 Å². The third kappa shape index (κ3) is 3.99. The van der Waals surface area contributed by atoms with E-state index >= 15 is 0 Å². The summed E-state index contributed by atoms with van der Waals surface area (Å²) in [5.74, 6) is 0.700. The normalized spacial score (nSPS) is 12.9. The van der Waals surface area contributed by atoms with Crippen molar-refractivity contribution < 1.29 is 4.79 Å². The highest BCUT2D eigenvalue weighted by Gasteiger charge is 1.97. The molecule has 0 saturated heterocycles. The van der Waals surface area contributed by atoms with Crippen LogP contribution in [0.5, 0.6) is 0 Å². The van der Waals surface area contributed by atoms with E-state index in [2.05, 4.69) is 17.9 Å². The molecule has 8 heavy (non-hydrogen) atoms. The first-order chi connectivity index (χ1) is 3.66. The van der Waals surface area contributed by atoms with E-state index in [4.69, 9.17) is 0 Å². The van der Waals surface area contributed by atoms with E-state index in [1.54, 1.807) is 0 Å². The minimum atomic E-state index is 0.00606. The molecule has 3 heteroatoms. The molecule has 0 aliphatic heterocycles. The van der Waals surface area contributed by atoms with E-state index in [0.717, 1.165) is 0 Å². The predicted octanol–water partition coefficient (Wildman–Crippen LogP) is 0.441. The third-order valence-corrected chi connectivity index (χ3v) is 1.27. The molecule has 1 N–H and O–H groups in total. The van der Waals surface area contributed by atoms with Crippen LogP contribution in [0.25, 0.3) is 0 Å². The highest BCUT2D eigenvalue weighted by molar-refractivity contribution is 7.80. The van der Waals surface area contributed by atoms with Crippen LogP contribution in [0, 0.1) is 0 Å². The fourth-order valence-electron chi connectivity index (χ4n) is 0.393. The van der Waals surface area contributed by atoms with Crippen molar-refractivity contribution in [2.75, 3.05) is 5.75 Å². The molecular formula is C5H11NOS. The van der Waals surface area contributed by atoms with Crippen LogP contribution in [0.4, 0.5) is 0 Å². The van der Waals surface area contributed by atoms with E-state index in [-0.39, 0.29) is 11.9 Å². The zero-order valence-corrected chi connectivity index (χ0v) is 6.03. The number of hydrogen-bond donors (Lipinski definition) is 2. The van der Waals surface area contributed by atoms with Crippen molar-refractivity contribution in [2.45, 2.75) is 19.9 Å². The van der Waals surface area contributed by atoms with Gasteiger partial charge in [-0.25, -0.2) is 0 Å². The molecule has 0 bridgehead atoms. The number of hydrogen-bond acceptors (Lipinski definition) is 2. The maximum Gasteiger partial charge on any atom is 0.217 e. The largest absolute Gasteiger partial charge is 0.353 e. The first-order valence-corrected chi connectivity index (χ1v) is 3.18. The molecular weight excluding hydrogens is 122 g/mol. The van der Waals surface area contributed by atoms with Gasteiger partial charge < -0.3 is 5.32 Å². The number of thiol groups is 1. The van der Waals surface area contributed by atoms with E-state index in [1.807, 2.05) is 6.92 Å². The smallest absolute Gasteiger partial charge is 0.217 e. The topological polar surface area (TPSA) is 29.1 Å². The van der Waals surface area contributed by atoms with E-state index in [9.17, 15) is 4.79 Å². The molecule has 1 unspecified atom stereocenters. The minimum Gasteiger partial charge on any atom is -0.353 e. The Kier molecular flexibility index (Phi) is 3.69. The Bertz CT molecular complexity index is 84.5. The third-order valence-electron chi connectivity index (χ3n) is 0.724. The lowest BCUT2D eigenvalue weighted by Gasteiger charge is -2.06. The fraction of sp³-hybridized carbons (Fsp3) is 0.800. The van der Waals surface area contributed by atoms with Crippen molar-refractivity contribution in [3.63, 3.8) is 0 Å². The second kappa shape index (κ2) is 3.78. The average molecular weight is 133 g/mol. The summed E-state index contributed by atoms with van der Waals surface area (Å²) >= 11 is 3.98. The van der Waals surface area contributed by atoms with Gasteiger partial charge in [0.15, 0.2) is 0 Å². The lowest BCUT2D eigenvalue weighted by atomic mass is 10.4. The zero-order valence-electron chi connectivity index (χ0n) is 5.14. The number of amides is 1. The summed E-state index contributed by atoms with van der Waals surface area (Å²) in [6.45, 7) is 3.41. The van der Waals surface area contributed by atoms with Crippen molar-refractivity contribution in [3.05, 3.63) is 0 Å². The first kappa shape index (κ1) is 7.82. The highest BCUT2D eigenvalue weighted by atomic mass is 32.1. The summed E-state index contributed by atoms with van der Waals surface area (Å²) in [4.78, 5) is 10.3. The molecule has 0 saturated carbocycles. The van der Waals surface area contributed by atoms with E-state index in [0.29, 0.717) is 5.75 Å². The van der Waals surface area contributed by atoms with Gasteiger partial charge in [0.2, 0.25) is 5.91 Å². The van der Waals surface area contributed by atoms with Crippen LogP contribution in [-0.2, 0) is 4.79 Å². The van der Waals surface area contributed by atoms with Gasteiger partial charge in [-0.2, -0.15) is 12.6 Å². The molecule has 0 aliphatic rings. The summed E-state index contributed by atoms with van der Waals surface area (Å²) in [6, 6.07) is 0.191. The molecule has 0 fully saturated rings. The lowest BCUT2D eigenvalue weighted by Crippen LogP contribution is -2.31. The Morgan fingerprint density at radius 2 is 2.38 bits per heavy atom. The average Bonchev–Trinajstić information content (AvgIpc) is 1.65. The lowest BCUT2D eigenvalue weighted by molar-refractivity contribution is -0.119. The van der Waals surface area contributed by atoms with Gasteiger partial charge in [0, 0.05) is 18.7 Å².